The SMILES string of the molecule is CC(=O)[C@H](c1ccccc1)N1CC[C@@H](OCCCCc2ccc3c(n2)CCCC3)C1. The van der Waals surface area contributed by atoms with E-state index in [0.717, 1.165) is 57.4 Å². The van der Waals surface area contributed by atoms with E-state index >= 15 is 0 Å². The fraction of sp³-hybridized carbons (Fsp3) is 0.538. The van der Waals surface area contributed by atoms with Crippen molar-refractivity contribution in [3.8, 4) is 0 Å². The smallest absolute Gasteiger partial charge is 0.151 e. The first-order chi connectivity index (χ1) is 14.7. The highest BCUT2D eigenvalue weighted by atomic mass is 16.5. The van der Waals surface area contributed by atoms with Gasteiger partial charge in [-0.2, -0.15) is 0 Å². The van der Waals surface area contributed by atoms with Crippen molar-refractivity contribution in [3.05, 3.63) is 65.0 Å². The van der Waals surface area contributed by atoms with E-state index in [2.05, 4.69) is 29.2 Å². The second-order valence-corrected chi connectivity index (χ2v) is 8.77. The lowest BCUT2D eigenvalue weighted by atomic mass is 9.95. The van der Waals surface area contributed by atoms with Crippen LogP contribution >= 0.6 is 0 Å². The lowest BCUT2D eigenvalue weighted by Gasteiger charge is -2.26. The van der Waals surface area contributed by atoms with E-state index in [0.29, 0.717) is 0 Å². The Morgan fingerprint density at radius 3 is 2.80 bits per heavy atom. The summed E-state index contributed by atoms with van der Waals surface area (Å²) in [4.78, 5) is 19.4. The number of rotatable bonds is 9. The largest absolute Gasteiger partial charge is 0.377 e. The van der Waals surface area contributed by atoms with E-state index in [1.807, 2.05) is 18.2 Å². The molecule has 0 radical (unpaired) electrons. The molecule has 0 saturated carbocycles. The standard InChI is InChI=1S/C26H34N2O2/c1-20(29)26(22-10-3-2-4-11-22)28-17-16-24(19-28)30-18-8-7-12-23-15-14-21-9-5-6-13-25(21)27-23/h2-4,10-11,14-15,24,26H,5-9,12-13,16-19H2,1H3/t24-,26-/m1/s1. The van der Waals surface area contributed by atoms with Gasteiger partial charge in [0.05, 0.1) is 12.1 Å². The third-order valence-corrected chi connectivity index (χ3v) is 6.46. The molecule has 0 unspecified atom stereocenters. The number of ketones is 1. The minimum atomic E-state index is -0.144. The van der Waals surface area contributed by atoms with Crippen LogP contribution in [-0.4, -0.2) is 41.5 Å². The van der Waals surface area contributed by atoms with Crippen LogP contribution in [0.5, 0.6) is 0 Å². The Morgan fingerprint density at radius 1 is 1.13 bits per heavy atom. The molecule has 4 nitrogen and oxygen atoms in total. The third-order valence-electron chi connectivity index (χ3n) is 6.46. The van der Waals surface area contributed by atoms with Gasteiger partial charge < -0.3 is 4.74 Å². The Balaban J connectivity index is 1.19. The average molecular weight is 407 g/mol. The number of fused-ring (bicyclic) bond motifs is 1. The molecule has 0 bridgehead atoms. The minimum Gasteiger partial charge on any atom is -0.377 e. The van der Waals surface area contributed by atoms with Gasteiger partial charge in [0.25, 0.3) is 0 Å². The molecular formula is C26H34N2O2. The van der Waals surface area contributed by atoms with Crippen LogP contribution in [0.2, 0.25) is 0 Å². The van der Waals surface area contributed by atoms with E-state index in [1.54, 1.807) is 6.92 Å². The Bertz CT molecular complexity index is 836. The van der Waals surface area contributed by atoms with Gasteiger partial charge in [-0.15, -0.1) is 0 Å². The summed E-state index contributed by atoms with van der Waals surface area (Å²) in [5, 5.41) is 0. The maximum absolute atomic E-state index is 12.3. The summed E-state index contributed by atoms with van der Waals surface area (Å²) in [6.07, 6.45) is 9.38. The normalized spacial score (nSPS) is 20.1. The van der Waals surface area contributed by atoms with E-state index < -0.39 is 0 Å². The number of nitrogens with zero attached hydrogens (tertiary/aromatic N) is 2. The van der Waals surface area contributed by atoms with Crippen molar-refractivity contribution in [1.82, 2.24) is 9.88 Å². The van der Waals surface area contributed by atoms with Crippen molar-refractivity contribution in [2.75, 3.05) is 19.7 Å². The quantitative estimate of drug-likeness (QED) is 0.566. The third kappa shape index (κ3) is 5.35. The van der Waals surface area contributed by atoms with Crippen molar-refractivity contribution in [2.45, 2.75) is 70.4 Å². The molecule has 4 heteroatoms. The Morgan fingerprint density at radius 2 is 1.97 bits per heavy atom. The van der Waals surface area contributed by atoms with Crippen LogP contribution in [0.4, 0.5) is 0 Å². The number of pyridine rings is 1. The maximum Gasteiger partial charge on any atom is 0.151 e. The maximum atomic E-state index is 12.3. The number of Topliss-reactive ketones (excluding diaryl/α,β-unsaturated/α-hetero) is 1. The van der Waals surface area contributed by atoms with Crippen molar-refractivity contribution >= 4 is 5.78 Å². The molecule has 2 aromatic rings. The van der Waals surface area contributed by atoms with Gasteiger partial charge in [0.1, 0.15) is 0 Å². The topological polar surface area (TPSA) is 42.4 Å². The van der Waals surface area contributed by atoms with Gasteiger partial charge in [0.15, 0.2) is 5.78 Å². The first-order valence-corrected chi connectivity index (χ1v) is 11.6. The molecule has 1 aliphatic heterocycles. The number of carbonyl (C=O) groups is 1. The molecule has 4 rings (SSSR count). The van der Waals surface area contributed by atoms with Crippen LogP contribution in [0.3, 0.4) is 0 Å². The molecule has 30 heavy (non-hydrogen) atoms. The summed E-state index contributed by atoms with van der Waals surface area (Å²) < 4.78 is 6.15. The Kier molecular flexibility index (Phi) is 7.29. The zero-order chi connectivity index (χ0) is 20.8. The number of benzene rings is 1. The Labute approximate surface area is 180 Å². The predicted octanol–water partition coefficient (Wildman–Crippen LogP) is 4.70. The molecule has 1 aliphatic carbocycles. The number of hydrogen-bond acceptors (Lipinski definition) is 4. The summed E-state index contributed by atoms with van der Waals surface area (Å²) in [6, 6.07) is 14.5. The van der Waals surface area contributed by atoms with E-state index in [1.165, 1.54) is 36.2 Å². The first-order valence-electron chi connectivity index (χ1n) is 11.6. The number of ether oxygens (including phenoxy) is 1. The number of aromatic nitrogens is 1. The summed E-state index contributed by atoms with van der Waals surface area (Å²) in [5.41, 5.74) is 5.11. The second-order valence-electron chi connectivity index (χ2n) is 8.77. The minimum absolute atomic E-state index is 0.144. The highest BCUT2D eigenvalue weighted by molar-refractivity contribution is 5.83. The number of hydrogen-bond donors (Lipinski definition) is 0. The van der Waals surface area contributed by atoms with E-state index in [4.69, 9.17) is 9.72 Å². The van der Waals surface area contributed by atoms with Gasteiger partial charge in [-0.1, -0.05) is 36.4 Å². The summed E-state index contributed by atoms with van der Waals surface area (Å²) in [5.74, 6) is 0.208. The lowest BCUT2D eigenvalue weighted by molar-refractivity contribution is -0.122. The molecule has 2 atom stereocenters. The van der Waals surface area contributed by atoms with Gasteiger partial charge in [-0.05, 0) is 75.5 Å². The molecule has 1 fully saturated rings. The highest BCUT2D eigenvalue weighted by Crippen LogP contribution is 2.27. The monoisotopic (exact) mass is 406 g/mol. The second kappa shape index (κ2) is 10.3. The molecule has 2 aliphatic rings. The van der Waals surface area contributed by atoms with E-state index in [-0.39, 0.29) is 17.9 Å². The molecule has 0 amide bonds. The van der Waals surface area contributed by atoms with Crippen LogP contribution in [-0.2, 0) is 28.8 Å². The highest BCUT2D eigenvalue weighted by Gasteiger charge is 2.32. The van der Waals surface area contributed by atoms with Crippen LogP contribution in [0.1, 0.15) is 67.6 Å². The summed E-state index contributed by atoms with van der Waals surface area (Å²) >= 11 is 0. The average Bonchev–Trinajstić information content (AvgIpc) is 3.22. The molecular weight excluding hydrogens is 372 g/mol. The van der Waals surface area contributed by atoms with Crippen molar-refractivity contribution < 1.29 is 9.53 Å². The van der Waals surface area contributed by atoms with Crippen LogP contribution in [0, 0.1) is 0 Å². The molecule has 160 valence electrons. The number of aryl methyl sites for hydroxylation is 3. The zero-order valence-electron chi connectivity index (χ0n) is 18.2. The van der Waals surface area contributed by atoms with Gasteiger partial charge in [-0.25, -0.2) is 0 Å². The van der Waals surface area contributed by atoms with Crippen LogP contribution < -0.4 is 0 Å². The van der Waals surface area contributed by atoms with Crippen LogP contribution in [0.15, 0.2) is 42.5 Å². The molecule has 1 aromatic heterocycles. The predicted molar refractivity (Wildman–Crippen MR) is 120 cm³/mol. The summed E-state index contributed by atoms with van der Waals surface area (Å²) in [6.45, 7) is 4.24. The molecule has 0 N–H and O–H groups in total. The Hall–Kier alpha value is -2.04. The molecule has 0 spiro atoms. The van der Waals surface area contributed by atoms with Gasteiger partial charge in [-0.3, -0.25) is 14.7 Å². The zero-order valence-corrected chi connectivity index (χ0v) is 18.2. The molecule has 2 heterocycles. The fourth-order valence-electron chi connectivity index (χ4n) is 4.89. The number of carbonyl (C=O) groups excluding carboxylic acids is 1. The fourth-order valence-corrected chi connectivity index (χ4v) is 4.89. The van der Waals surface area contributed by atoms with Crippen molar-refractivity contribution in [2.24, 2.45) is 0 Å². The lowest BCUT2D eigenvalue weighted by Crippen LogP contribution is -2.32. The van der Waals surface area contributed by atoms with E-state index in [9.17, 15) is 4.79 Å². The van der Waals surface area contributed by atoms with Crippen LogP contribution in [0.25, 0.3) is 0 Å². The van der Waals surface area contributed by atoms with Gasteiger partial charge >= 0.3 is 0 Å². The van der Waals surface area contributed by atoms with Gasteiger partial charge in [0.2, 0.25) is 0 Å². The summed E-state index contributed by atoms with van der Waals surface area (Å²) in [7, 11) is 0. The first kappa shape index (κ1) is 21.2. The molecule has 1 aromatic carbocycles. The number of unbranched alkanes of at least 4 members (excludes halogenated alkanes) is 1. The van der Waals surface area contributed by atoms with Crippen molar-refractivity contribution in [3.63, 3.8) is 0 Å². The number of likely N-dealkylation sites (tertiary alicyclic amines) is 1. The van der Waals surface area contributed by atoms with Crippen molar-refractivity contribution in [1.29, 1.82) is 0 Å². The van der Waals surface area contributed by atoms with Gasteiger partial charge in [0, 0.05) is 31.1 Å². The molecule has 1 saturated heterocycles.